The lowest BCUT2D eigenvalue weighted by molar-refractivity contribution is -0.938. The molecule has 78 valence electrons. The average molecular weight is 206 g/mol. The van der Waals surface area contributed by atoms with Crippen LogP contribution >= 0.6 is 12.2 Å². The smallest absolute Gasteiger partial charge is 0.356 e. The van der Waals surface area contributed by atoms with E-state index >= 15 is 0 Å². The lowest BCUT2D eigenvalue weighted by Gasteiger charge is -2.34. The summed E-state index contributed by atoms with van der Waals surface area (Å²) in [6.45, 7) is 10.2. The van der Waals surface area contributed by atoms with E-state index in [-0.39, 0.29) is 5.24 Å². The molecule has 0 N–H and O–H groups in total. The van der Waals surface area contributed by atoms with Crippen molar-refractivity contribution >= 4 is 17.5 Å². The van der Waals surface area contributed by atoms with Gasteiger partial charge in [0, 0.05) is 12.2 Å². The summed E-state index contributed by atoms with van der Waals surface area (Å²) in [6, 6.07) is 0. The van der Waals surface area contributed by atoms with Gasteiger partial charge in [-0.2, -0.15) is 0 Å². The number of nitrogens with zero attached hydrogens (tertiary/aromatic N) is 1. The normalized spacial score (nSPS) is 11.1. The van der Waals surface area contributed by atoms with Gasteiger partial charge in [-0.15, -0.1) is 0 Å². The zero-order chi connectivity index (χ0) is 10.3. The van der Waals surface area contributed by atoms with Crippen molar-refractivity contribution in [1.82, 2.24) is 0 Å². The predicted molar refractivity (Wildman–Crippen MR) is 57.4 cm³/mol. The summed E-state index contributed by atoms with van der Waals surface area (Å²) in [4.78, 5) is 0. The quantitative estimate of drug-likeness (QED) is 0.388. The van der Waals surface area contributed by atoms with Gasteiger partial charge in [0.1, 0.15) is 0 Å². The van der Waals surface area contributed by atoms with Gasteiger partial charge in [-0.25, -0.2) is 0 Å². The minimum absolute atomic E-state index is 0.234. The fourth-order valence-electron chi connectivity index (χ4n) is 1.19. The van der Waals surface area contributed by atoms with Gasteiger partial charge in [0.25, 0.3) is 0 Å². The summed E-state index contributed by atoms with van der Waals surface area (Å²) < 4.78 is 11.0. The molecule has 0 rings (SSSR count). The van der Waals surface area contributed by atoms with Crippen LogP contribution in [0.5, 0.6) is 0 Å². The SMILES string of the molecule is CC[N+](CC)(CC)COC(=S)OC. The number of hydrogen-bond acceptors (Lipinski definition) is 3. The Balaban J connectivity index is 4.02. The number of quaternary nitrogens is 1. The second-order valence-corrected chi connectivity index (χ2v) is 3.35. The second-order valence-electron chi connectivity index (χ2n) is 3.02. The fourth-order valence-corrected chi connectivity index (χ4v) is 1.25. The molecule has 0 aliphatic carbocycles. The van der Waals surface area contributed by atoms with Crippen molar-refractivity contribution < 1.29 is 14.0 Å². The average Bonchev–Trinajstić information content (AvgIpc) is 2.20. The van der Waals surface area contributed by atoms with Crippen molar-refractivity contribution in [2.24, 2.45) is 0 Å². The van der Waals surface area contributed by atoms with E-state index in [0.29, 0.717) is 6.73 Å². The van der Waals surface area contributed by atoms with Crippen molar-refractivity contribution in [1.29, 1.82) is 0 Å². The Bertz CT molecular complexity index is 149. The summed E-state index contributed by atoms with van der Waals surface area (Å²) in [5.41, 5.74) is 0. The van der Waals surface area contributed by atoms with Crippen LogP contribution in [0.3, 0.4) is 0 Å². The van der Waals surface area contributed by atoms with Crippen LogP contribution < -0.4 is 0 Å². The molecule has 13 heavy (non-hydrogen) atoms. The maximum Gasteiger partial charge on any atom is 0.356 e. The molecule has 0 saturated heterocycles. The Morgan fingerprint density at radius 2 is 1.62 bits per heavy atom. The fraction of sp³-hybridized carbons (Fsp3) is 0.889. The molecule has 0 aromatic heterocycles. The van der Waals surface area contributed by atoms with Crippen LogP contribution in [-0.4, -0.2) is 43.2 Å². The molecule has 0 spiro atoms. The van der Waals surface area contributed by atoms with E-state index in [1.54, 1.807) is 0 Å². The van der Waals surface area contributed by atoms with Crippen molar-refractivity contribution in [3.8, 4) is 0 Å². The molecule has 0 fully saturated rings. The Labute approximate surface area is 86.2 Å². The summed E-state index contributed by atoms with van der Waals surface area (Å²) >= 11 is 4.81. The highest BCUT2D eigenvalue weighted by atomic mass is 32.1. The first-order chi connectivity index (χ1) is 6.14. The highest BCUT2D eigenvalue weighted by Crippen LogP contribution is 2.06. The van der Waals surface area contributed by atoms with E-state index in [2.05, 4.69) is 20.8 Å². The molecule has 0 saturated carbocycles. The summed E-state index contributed by atoms with van der Waals surface area (Å²) in [7, 11) is 1.53. The molecular weight excluding hydrogens is 186 g/mol. The zero-order valence-corrected chi connectivity index (χ0v) is 9.82. The Kier molecular flexibility index (Phi) is 5.99. The topological polar surface area (TPSA) is 18.5 Å². The van der Waals surface area contributed by atoms with Gasteiger partial charge in [-0.1, -0.05) is 0 Å². The number of thiocarbonyl (C=S) groups is 1. The third kappa shape index (κ3) is 3.91. The van der Waals surface area contributed by atoms with Crippen molar-refractivity contribution in [2.75, 3.05) is 33.5 Å². The molecule has 0 radical (unpaired) electrons. The van der Waals surface area contributed by atoms with Crippen LogP contribution in [0.15, 0.2) is 0 Å². The number of methoxy groups -OCH3 is 1. The van der Waals surface area contributed by atoms with Gasteiger partial charge in [-0.05, 0) is 20.8 Å². The van der Waals surface area contributed by atoms with E-state index in [9.17, 15) is 0 Å². The van der Waals surface area contributed by atoms with Gasteiger partial charge < -0.3 is 9.47 Å². The third-order valence-corrected chi connectivity index (χ3v) is 2.92. The van der Waals surface area contributed by atoms with Crippen molar-refractivity contribution in [3.05, 3.63) is 0 Å². The standard InChI is InChI=1S/C9H20NO2S/c1-5-10(6-2,7-3)8-12-9(13)11-4/h5-8H2,1-4H3/q+1. The van der Waals surface area contributed by atoms with Gasteiger partial charge in [0.2, 0.25) is 6.73 Å². The lowest BCUT2D eigenvalue weighted by atomic mass is 10.4. The molecule has 0 heterocycles. The van der Waals surface area contributed by atoms with Crippen LogP contribution in [0.2, 0.25) is 0 Å². The Morgan fingerprint density at radius 1 is 1.15 bits per heavy atom. The molecule has 0 atom stereocenters. The lowest BCUT2D eigenvalue weighted by Crippen LogP contribution is -2.49. The maximum atomic E-state index is 5.31. The summed E-state index contributed by atoms with van der Waals surface area (Å²) in [6.07, 6.45) is 0. The third-order valence-electron chi connectivity index (χ3n) is 2.64. The zero-order valence-electron chi connectivity index (χ0n) is 9.00. The number of ether oxygens (including phenoxy) is 2. The molecule has 0 aromatic rings. The second kappa shape index (κ2) is 6.16. The van der Waals surface area contributed by atoms with E-state index in [4.69, 9.17) is 21.7 Å². The van der Waals surface area contributed by atoms with Crippen LogP contribution in [0.4, 0.5) is 0 Å². The molecule has 3 nitrogen and oxygen atoms in total. The highest BCUT2D eigenvalue weighted by Gasteiger charge is 2.21. The summed E-state index contributed by atoms with van der Waals surface area (Å²) in [5.74, 6) is 0. The summed E-state index contributed by atoms with van der Waals surface area (Å²) in [5, 5.41) is 0.234. The van der Waals surface area contributed by atoms with E-state index < -0.39 is 0 Å². The van der Waals surface area contributed by atoms with E-state index in [0.717, 1.165) is 24.1 Å². The molecule has 4 heteroatoms. The van der Waals surface area contributed by atoms with Gasteiger partial charge >= 0.3 is 5.24 Å². The predicted octanol–water partition coefficient (Wildman–Crippen LogP) is 1.77. The van der Waals surface area contributed by atoms with E-state index in [1.165, 1.54) is 7.11 Å². The van der Waals surface area contributed by atoms with Gasteiger partial charge in [-0.3, -0.25) is 4.48 Å². The molecule has 0 aromatic carbocycles. The number of hydrogen-bond donors (Lipinski definition) is 0. The largest absolute Gasteiger partial charge is 0.460 e. The first-order valence-corrected chi connectivity index (χ1v) is 5.10. The molecule has 0 aliphatic heterocycles. The Morgan fingerprint density at radius 3 is 1.92 bits per heavy atom. The van der Waals surface area contributed by atoms with Gasteiger partial charge in [0.05, 0.1) is 26.7 Å². The minimum Gasteiger partial charge on any atom is -0.460 e. The van der Waals surface area contributed by atoms with Crippen LogP contribution in [-0.2, 0) is 9.47 Å². The van der Waals surface area contributed by atoms with Gasteiger partial charge in [0.15, 0.2) is 0 Å². The molecule has 0 unspecified atom stereocenters. The number of rotatable bonds is 5. The van der Waals surface area contributed by atoms with Crippen LogP contribution in [0.1, 0.15) is 20.8 Å². The first-order valence-electron chi connectivity index (χ1n) is 4.70. The van der Waals surface area contributed by atoms with Crippen molar-refractivity contribution in [3.63, 3.8) is 0 Å². The Hall–Kier alpha value is -0.350. The highest BCUT2D eigenvalue weighted by molar-refractivity contribution is 7.79. The van der Waals surface area contributed by atoms with Crippen LogP contribution in [0, 0.1) is 0 Å². The minimum atomic E-state index is 0.234. The van der Waals surface area contributed by atoms with E-state index in [1.807, 2.05) is 0 Å². The van der Waals surface area contributed by atoms with Crippen molar-refractivity contribution in [2.45, 2.75) is 20.8 Å². The molecule has 0 aliphatic rings. The monoisotopic (exact) mass is 206 g/mol. The van der Waals surface area contributed by atoms with Crippen LogP contribution in [0.25, 0.3) is 0 Å². The maximum absolute atomic E-state index is 5.31. The first kappa shape index (κ1) is 12.7. The molecule has 0 bridgehead atoms. The molecule has 0 amide bonds. The molecular formula is C9H20NO2S+.